The molecule has 246 valence electrons. The number of nitrogens with zero attached hydrogens (tertiary/aromatic N) is 1. The van der Waals surface area contributed by atoms with E-state index in [0.29, 0.717) is 31.2 Å². The SMILES string of the molecule is CCN(C(=O)NC(Cc1c[nH]c2ccccc12)c1ccccc1)C(=O)C(CCCc1ccc(-c2ccc(C(C)=O)cc2)cc1)CC(=O)O. The van der Waals surface area contributed by atoms with Crippen LogP contribution in [0.5, 0.6) is 0 Å². The second kappa shape index (κ2) is 15.9. The maximum absolute atomic E-state index is 13.7. The minimum Gasteiger partial charge on any atom is -0.481 e. The van der Waals surface area contributed by atoms with Crippen LogP contribution < -0.4 is 5.32 Å². The van der Waals surface area contributed by atoms with Crippen molar-refractivity contribution in [2.75, 3.05) is 6.54 Å². The predicted octanol–water partition coefficient (Wildman–Crippen LogP) is 7.99. The third kappa shape index (κ3) is 8.45. The van der Waals surface area contributed by atoms with Crippen molar-refractivity contribution in [2.24, 2.45) is 5.92 Å². The van der Waals surface area contributed by atoms with Gasteiger partial charge in [0, 0.05) is 35.1 Å². The van der Waals surface area contributed by atoms with Crippen LogP contribution in [0.15, 0.2) is 109 Å². The van der Waals surface area contributed by atoms with Crippen LogP contribution >= 0.6 is 0 Å². The molecule has 3 N–H and O–H groups in total. The normalized spacial score (nSPS) is 12.3. The fourth-order valence-electron chi connectivity index (χ4n) is 6.14. The number of aryl methyl sites for hydroxylation is 1. The zero-order valence-electron chi connectivity index (χ0n) is 27.3. The van der Waals surface area contributed by atoms with Crippen molar-refractivity contribution in [2.45, 2.75) is 52.0 Å². The predicted molar refractivity (Wildman–Crippen MR) is 188 cm³/mol. The molecule has 0 radical (unpaired) electrons. The van der Waals surface area contributed by atoms with Crippen molar-refractivity contribution in [3.8, 4) is 11.1 Å². The Kier molecular flexibility index (Phi) is 11.2. The first-order chi connectivity index (χ1) is 23.2. The molecule has 3 amide bonds. The molecule has 0 spiro atoms. The number of ketones is 1. The van der Waals surface area contributed by atoms with Crippen molar-refractivity contribution >= 4 is 34.6 Å². The Labute approximate surface area is 280 Å². The van der Waals surface area contributed by atoms with Crippen molar-refractivity contribution in [3.63, 3.8) is 0 Å². The first-order valence-corrected chi connectivity index (χ1v) is 16.4. The molecule has 0 aliphatic rings. The van der Waals surface area contributed by atoms with E-state index < -0.39 is 29.9 Å². The number of carbonyl (C=O) groups is 4. The van der Waals surface area contributed by atoms with Crippen LogP contribution in [0.4, 0.5) is 4.79 Å². The number of para-hydroxylation sites is 1. The Morgan fingerprint density at radius 3 is 2.12 bits per heavy atom. The number of urea groups is 1. The molecule has 1 heterocycles. The maximum atomic E-state index is 13.7. The molecule has 8 heteroatoms. The molecule has 0 saturated heterocycles. The molecule has 0 fully saturated rings. The zero-order valence-corrected chi connectivity index (χ0v) is 27.3. The first kappa shape index (κ1) is 33.9. The number of carboxylic acids is 1. The summed E-state index contributed by atoms with van der Waals surface area (Å²) in [6.45, 7) is 3.38. The van der Waals surface area contributed by atoms with Gasteiger partial charge < -0.3 is 15.4 Å². The van der Waals surface area contributed by atoms with Gasteiger partial charge in [-0.1, -0.05) is 97.1 Å². The quantitative estimate of drug-likeness (QED) is 0.106. The molecule has 8 nitrogen and oxygen atoms in total. The highest BCUT2D eigenvalue weighted by Crippen LogP contribution is 2.26. The minimum atomic E-state index is -1.08. The van der Waals surface area contributed by atoms with Crippen molar-refractivity contribution in [3.05, 3.63) is 132 Å². The summed E-state index contributed by atoms with van der Waals surface area (Å²) in [5.41, 5.74) is 6.71. The topological polar surface area (TPSA) is 120 Å². The van der Waals surface area contributed by atoms with Crippen LogP contribution in [0.3, 0.4) is 0 Å². The second-order valence-electron chi connectivity index (χ2n) is 12.1. The van der Waals surface area contributed by atoms with Gasteiger partial charge in [0.1, 0.15) is 0 Å². The number of Topliss-reactive ketones (excluding diaryl/α,β-unsaturated/α-hetero) is 1. The number of aliphatic carboxylic acids is 1. The standard InChI is InChI=1S/C40H41N3O5/c1-3-43(40(48)42-37(32-11-5-4-6-12-32)24-34-26-41-36-15-8-7-14-35(34)36)39(47)33(25-38(45)46)13-9-10-28-16-18-30(19-17-28)31-22-20-29(21-23-31)27(2)44/h4-8,11-12,14-23,26,33,37,41H,3,9-10,13,24-25H2,1-2H3,(H,42,48)(H,45,46). The number of rotatable bonds is 14. The van der Waals surface area contributed by atoms with Gasteiger partial charge in [0.2, 0.25) is 5.91 Å². The number of imide groups is 1. The molecule has 2 atom stereocenters. The van der Waals surface area contributed by atoms with E-state index in [4.69, 9.17) is 0 Å². The van der Waals surface area contributed by atoms with Crippen LogP contribution in [0, 0.1) is 5.92 Å². The molecular weight excluding hydrogens is 602 g/mol. The van der Waals surface area contributed by atoms with Gasteiger partial charge in [-0.15, -0.1) is 0 Å². The van der Waals surface area contributed by atoms with Crippen LogP contribution in [-0.2, 0) is 22.4 Å². The molecule has 48 heavy (non-hydrogen) atoms. The maximum Gasteiger partial charge on any atom is 0.324 e. The summed E-state index contributed by atoms with van der Waals surface area (Å²) in [5.74, 6) is -2.37. The van der Waals surface area contributed by atoms with Crippen molar-refractivity contribution in [1.29, 1.82) is 0 Å². The lowest BCUT2D eigenvalue weighted by atomic mass is 9.94. The molecule has 0 saturated carbocycles. The van der Waals surface area contributed by atoms with E-state index in [1.54, 1.807) is 13.8 Å². The van der Waals surface area contributed by atoms with Gasteiger partial charge in [0.15, 0.2) is 5.78 Å². The Bertz CT molecular complexity index is 1860. The number of carboxylic acid groups (broad SMARTS) is 1. The third-order valence-corrected chi connectivity index (χ3v) is 8.79. The van der Waals surface area contributed by atoms with Gasteiger partial charge in [-0.2, -0.15) is 0 Å². The summed E-state index contributed by atoms with van der Waals surface area (Å²) >= 11 is 0. The lowest BCUT2D eigenvalue weighted by Gasteiger charge is -2.27. The number of aromatic nitrogens is 1. The molecule has 5 aromatic rings. The van der Waals surface area contributed by atoms with Gasteiger partial charge in [-0.05, 0) is 73.4 Å². The summed E-state index contributed by atoms with van der Waals surface area (Å²) in [6.07, 6.45) is 3.68. The molecule has 5 rings (SSSR count). The van der Waals surface area contributed by atoms with E-state index in [1.165, 1.54) is 0 Å². The molecule has 2 unspecified atom stereocenters. The lowest BCUT2D eigenvalue weighted by Crippen LogP contribution is -2.48. The monoisotopic (exact) mass is 643 g/mol. The number of hydrogen-bond acceptors (Lipinski definition) is 4. The Balaban J connectivity index is 1.24. The minimum absolute atomic E-state index is 0.0251. The highest BCUT2D eigenvalue weighted by Gasteiger charge is 2.31. The van der Waals surface area contributed by atoms with Gasteiger partial charge in [-0.3, -0.25) is 19.3 Å². The summed E-state index contributed by atoms with van der Waals surface area (Å²) < 4.78 is 0. The number of nitrogens with one attached hydrogen (secondary N) is 2. The average Bonchev–Trinajstić information content (AvgIpc) is 3.51. The lowest BCUT2D eigenvalue weighted by molar-refractivity contribution is -0.143. The number of hydrogen-bond donors (Lipinski definition) is 3. The highest BCUT2D eigenvalue weighted by molar-refractivity contribution is 5.97. The number of benzene rings is 4. The van der Waals surface area contributed by atoms with Gasteiger partial charge >= 0.3 is 12.0 Å². The van der Waals surface area contributed by atoms with Crippen LogP contribution in [0.2, 0.25) is 0 Å². The smallest absolute Gasteiger partial charge is 0.324 e. The summed E-state index contributed by atoms with van der Waals surface area (Å²) in [7, 11) is 0. The highest BCUT2D eigenvalue weighted by atomic mass is 16.4. The molecular formula is C40H41N3O5. The summed E-state index contributed by atoms with van der Waals surface area (Å²) in [6, 6.07) is 32.2. The first-order valence-electron chi connectivity index (χ1n) is 16.4. The number of amides is 3. The fourth-order valence-corrected chi connectivity index (χ4v) is 6.14. The molecule has 4 aromatic carbocycles. The van der Waals surface area contributed by atoms with E-state index in [-0.39, 0.29) is 18.7 Å². The van der Waals surface area contributed by atoms with Crippen LogP contribution in [-0.4, -0.2) is 45.2 Å². The number of aromatic amines is 1. The van der Waals surface area contributed by atoms with Crippen molar-refractivity contribution < 1.29 is 24.3 Å². The Morgan fingerprint density at radius 1 is 0.833 bits per heavy atom. The van der Waals surface area contributed by atoms with Gasteiger partial charge in [0.05, 0.1) is 12.5 Å². The molecule has 1 aromatic heterocycles. The number of carbonyl (C=O) groups excluding carboxylic acids is 3. The fraction of sp³-hybridized carbons (Fsp3) is 0.250. The third-order valence-electron chi connectivity index (χ3n) is 8.79. The van der Waals surface area contributed by atoms with Gasteiger partial charge in [-0.25, -0.2) is 4.79 Å². The number of H-pyrrole nitrogens is 1. The molecule has 0 bridgehead atoms. The molecule has 0 aliphatic carbocycles. The van der Waals surface area contributed by atoms with E-state index in [1.807, 2.05) is 109 Å². The average molecular weight is 644 g/mol. The van der Waals surface area contributed by atoms with Crippen LogP contribution in [0.1, 0.15) is 66.2 Å². The van der Waals surface area contributed by atoms with E-state index >= 15 is 0 Å². The summed E-state index contributed by atoms with van der Waals surface area (Å²) in [4.78, 5) is 55.3. The van der Waals surface area contributed by atoms with E-state index in [0.717, 1.165) is 43.6 Å². The Morgan fingerprint density at radius 2 is 1.48 bits per heavy atom. The van der Waals surface area contributed by atoms with E-state index in [9.17, 15) is 24.3 Å². The second-order valence-corrected chi connectivity index (χ2v) is 12.1. The van der Waals surface area contributed by atoms with Crippen molar-refractivity contribution in [1.82, 2.24) is 15.2 Å². The zero-order chi connectivity index (χ0) is 34.0. The van der Waals surface area contributed by atoms with E-state index in [2.05, 4.69) is 10.3 Å². The largest absolute Gasteiger partial charge is 0.481 e. The van der Waals surface area contributed by atoms with Crippen LogP contribution in [0.25, 0.3) is 22.0 Å². The Hall–Kier alpha value is -5.50. The number of fused-ring (bicyclic) bond motifs is 1. The molecule has 0 aliphatic heterocycles. The van der Waals surface area contributed by atoms with Gasteiger partial charge in [0.25, 0.3) is 0 Å². The summed E-state index contributed by atoms with van der Waals surface area (Å²) in [5, 5.41) is 13.8.